The summed E-state index contributed by atoms with van der Waals surface area (Å²) in [5, 5.41) is 13.4. The Labute approximate surface area is 162 Å². The Kier molecular flexibility index (Phi) is 3.39. The molecule has 2 heterocycles. The van der Waals surface area contributed by atoms with Crippen molar-refractivity contribution in [1.29, 1.82) is 0 Å². The maximum atomic E-state index is 12.1. The van der Waals surface area contributed by atoms with Gasteiger partial charge in [0.1, 0.15) is 6.23 Å². The Hall–Kier alpha value is -0.610. The molecule has 6 aliphatic rings. The number of hydrogen-bond acceptors (Lipinski definition) is 3. The number of hydrogen-bond donors (Lipinski definition) is 2. The summed E-state index contributed by atoms with van der Waals surface area (Å²) in [6.45, 7) is 5.05. The average Bonchev–Trinajstić information content (AvgIpc) is 3.08. The Morgan fingerprint density at radius 2 is 1.81 bits per heavy atom. The van der Waals surface area contributed by atoms with E-state index in [2.05, 4.69) is 19.2 Å². The molecule has 10 atom stereocenters. The number of nitrogens with one attached hydrogen (secondary N) is 1. The number of fused-ring (bicyclic) bond motifs is 5. The van der Waals surface area contributed by atoms with E-state index in [1.165, 1.54) is 44.9 Å². The third kappa shape index (κ3) is 1.95. The second-order valence-electron chi connectivity index (χ2n) is 11.4. The molecule has 0 spiro atoms. The summed E-state index contributed by atoms with van der Waals surface area (Å²) in [4.78, 5) is 12.1. The van der Waals surface area contributed by atoms with E-state index >= 15 is 0 Å². The number of carbonyl (C=O) groups is 1. The molecule has 4 nitrogen and oxygen atoms in total. The third-order valence-electron chi connectivity index (χ3n) is 10.8. The normalized spacial score (nSPS) is 61.4. The number of rotatable bonds is 0. The highest BCUT2D eigenvalue weighted by Gasteiger charge is 2.73. The van der Waals surface area contributed by atoms with Gasteiger partial charge in [0.25, 0.3) is 0 Å². The van der Waals surface area contributed by atoms with Crippen LogP contribution in [-0.4, -0.2) is 28.9 Å². The largest absolute Gasteiger partial charge is 0.393 e. The Morgan fingerprint density at radius 1 is 1.00 bits per heavy atom. The Morgan fingerprint density at radius 3 is 2.67 bits per heavy atom. The average molecular weight is 374 g/mol. The minimum Gasteiger partial charge on any atom is -0.393 e. The van der Waals surface area contributed by atoms with Gasteiger partial charge >= 0.3 is 0 Å². The van der Waals surface area contributed by atoms with Gasteiger partial charge in [-0.2, -0.15) is 0 Å². The van der Waals surface area contributed by atoms with Crippen molar-refractivity contribution in [2.45, 2.75) is 96.0 Å². The molecule has 0 aromatic carbocycles. The van der Waals surface area contributed by atoms with Crippen LogP contribution in [0.5, 0.6) is 0 Å². The zero-order valence-corrected chi connectivity index (χ0v) is 16.9. The molecule has 0 radical (unpaired) electrons. The zero-order chi connectivity index (χ0) is 18.6. The standard InChI is InChI=1S/C23H35NO3/c1-21-8-5-14(25)11-13(21)3-4-18-17(21)6-9-22(2)16-7-10-23(18,22)27-20-15(16)12-19(26)24-20/h13-18,20,25H,3-12H2,1-2H3,(H,24,26)/t13-,14-,15-,16+,17-,18+,20-,21-,22+,23-/m0/s1. The van der Waals surface area contributed by atoms with Crippen molar-refractivity contribution in [2.75, 3.05) is 0 Å². The van der Waals surface area contributed by atoms with E-state index in [1.807, 2.05) is 0 Å². The fourth-order valence-corrected chi connectivity index (χ4v) is 9.52. The van der Waals surface area contributed by atoms with Crippen LogP contribution in [0.3, 0.4) is 0 Å². The maximum absolute atomic E-state index is 12.1. The molecule has 2 aliphatic heterocycles. The first-order chi connectivity index (χ1) is 12.9. The van der Waals surface area contributed by atoms with Crippen LogP contribution in [0.1, 0.15) is 78.1 Å². The summed E-state index contributed by atoms with van der Waals surface area (Å²) in [5.41, 5.74) is 0.595. The summed E-state index contributed by atoms with van der Waals surface area (Å²) >= 11 is 0. The van der Waals surface area contributed by atoms with Crippen LogP contribution >= 0.6 is 0 Å². The molecular weight excluding hydrogens is 338 g/mol. The molecule has 2 bridgehead atoms. The second kappa shape index (κ2) is 5.30. The molecule has 0 unspecified atom stereocenters. The van der Waals surface area contributed by atoms with E-state index in [1.54, 1.807) is 0 Å². The number of aliphatic hydroxyl groups is 1. The van der Waals surface area contributed by atoms with E-state index in [-0.39, 0.29) is 29.3 Å². The van der Waals surface area contributed by atoms with Gasteiger partial charge in [-0.3, -0.25) is 4.79 Å². The van der Waals surface area contributed by atoms with Crippen molar-refractivity contribution in [1.82, 2.24) is 5.32 Å². The van der Waals surface area contributed by atoms with Gasteiger partial charge in [0.2, 0.25) is 5.91 Å². The summed E-state index contributed by atoms with van der Waals surface area (Å²) in [7, 11) is 0. The summed E-state index contributed by atoms with van der Waals surface area (Å²) < 4.78 is 7.00. The summed E-state index contributed by atoms with van der Waals surface area (Å²) in [6.07, 6.45) is 11.3. The molecular formula is C23H35NO3. The molecule has 4 saturated carbocycles. The minimum atomic E-state index is -0.0807. The first-order valence-electron chi connectivity index (χ1n) is 11.5. The van der Waals surface area contributed by atoms with E-state index in [4.69, 9.17) is 4.74 Å². The van der Waals surface area contributed by atoms with Gasteiger partial charge < -0.3 is 15.2 Å². The predicted molar refractivity (Wildman–Crippen MR) is 102 cm³/mol. The van der Waals surface area contributed by atoms with E-state index in [0.717, 1.165) is 18.8 Å². The first-order valence-corrected chi connectivity index (χ1v) is 11.5. The fraction of sp³-hybridized carbons (Fsp3) is 0.957. The summed E-state index contributed by atoms with van der Waals surface area (Å²) in [5.74, 6) is 3.28. The molecule has 6 fully saturated rings. The van der Waals surface area contributed by atoms with Crippen LogP contribution in [0, 0.1) is 40.4 Å². The Bertz CT molecular complexity index is 681. The summed E-state index contributed by atoms with van der Waals surface area (Å²) in [6, 6.07) is 0. The second-order valence-corrected chi connectivity index (χ2v) is 11.4. The Balaban J connectivity index is 1.39. The quantitative estimate of drug-likeness (QED) is 0.682. The van der Waals surface area contributed by atoms with E-state index in [0.29, 0.717) is 35.5 Å². The van der Waals surface area contributed by atoms with Gasteiger partial charge in [-0.1, -0.05) is 13.8 Å². The molecule has 150 valence electrons. The molecule has 2 N–H and O–H groups in total. The van der Waals surface area contributed by atoms with Crippen LogP contribution < -0.4 is 5.32 Å². The SMILES string of the molecule is C[C@]12CC[C@H](O)C[C@@H]1CC[C@@H]1[C@@H]2CC[C@]2(C)[C@@H]3CC[C@]12O[C@@H]1NC(=O)C[C@@H]31. The van der Waals surface area contributed by atoms with Crippen LogP contribution in [0.2, 0.25) is 0 Å². The minimum absolute atomic E-state index is 0.0244. The maximum Gasteiger partial charge on any atom is 0.222 e. The van der Waals surface area contributed by atoms with Crippen molar-refractivity contribution in [3.8, 4) is 0 Å². The molecule has 1 amide bonds. The molecule has 6 rings (SSSR count). The van der Waals surface area contributed by atoms with Gasteiger partial charge in [0.05, 0.1) is 11.7 Å². The van der Waals surface area contributed by atoms with Crippen LogP contribution in [-0.2, 0) is 9.53 Å². The van der Waals surface area contributed by atoms with Gasteiger partial charge in [-0.15, -0.1) is 0 Å². The van der Waals surface area contributed by atoms with E-state index < -0.39 is 0 Å². The smallest absolute Gasteiger partial charge is 0.222 e. The van der Waals surface area contributed by atoms with Crippen molar-refractivity contribution in [3.05, 3.63) is 0 Å². The van der Waals surface area contributed by atoms with Crippen molar-refractivity contribution >= 4 is 5.91 Å². The first kappa shape index (κ1) is 17.3. The monoisotopic (exact) mass is 373 g/mol. The van der Waals surface area contributed by atoms with Crippen LogP contribution in [0.15, 0.2) is 0 Å². The van der Waals surface area contributed by atoms with Crippen LogP contribution in [0.4, 0.5) is 0 Å². The highest BCUT2D eigenvalue weighted by molar-refractivity contribution is 5.79. The lowest BCUT2D eigenvalue weighted by molar-refractivity contribution is -0.288. The molecule has 2 saturated heterocycles. The molecule has 4 aliphatic carbocycles. The number of carbonyl (C=O) groups excluding carboxylic acids is 1. The van der Waals surface area contributed by atoms with Crippen molar-refractivity contribution in [3.63, 3.8) is 0 Å². The molecule has 4 heteroatoms. The predicted octanol–water partition coefficient (Wildman–Crippen LogP) is 3.62. The number of amides is 1. The van der Waals surface area contributed by atoms with Crippen LogP contribution in [0.25, 0.3) is 0 Å². The van der Waals surface area contributed by atoms with Crippen molar-refractivity contribution < 1.29 is 14.6 Å². The lowest BCUT2D eigenvalue weighted by Crippen LogP contribution is -2.67. The van der Waals surface area contributed by atoms with Gasteiger partial charge in [-0.05, 0) is 86.9 Å². The van der Waals surface area contributed by atoms with Gasteiger partial charge in [-0.25, -0.2) is 0 Å². The lowest BCUT2D eigenvalue weighted by Gasteiger charge is -2.67. The van der Waals surface area contributed by atoms with E-state index in [9.17, 15) is 9.90 Å². The number of aliphatic hydroxyl groups excluding tert-OH is 1. The van der Waals surface area contributed by atoms with Crippen molar-refractivity contribution in [2.24, 2.45) is 40.4 Å². The number of ether oxygens (including phenoxy) is 1. The molecule has 0 aromatic rings. The molecule has 27 heavy (non-hydrogen) atoms. The van der Waals surface area contributed by atoms with Gasteiger partial charge in [0, 0.05) is 17.8 Å². The third-order valence-corrected chi connectivity index (χ3v) is 10.8. The van der Waals surface area contributed by atoms with Gasteiger partial charge in [0.15, 0.2) is 0 Å². The fourth-order valence-electron chi connectivity index (χ4n) is 9.52. The molecule has 0 aromatic heterocycles. The lowest BCUT2D eigenvalue weighted by atomic mass is 9.42. The topological polar surface area (TPSA) is 58.6 Å². The highest BCUT2D eigenvalue weighted by Crippen LogP contribution is 2.73. The highest BCUT2D eigenvalue weighted by atomic mass is 16.5. The zero-order valence-electron chi connectivity index (χ0n) is 16.9.